The molecule has 2 aliphatic heterocycles. The van der Waals surface area contributed by atoms with Gasteiger partial charge in [0, 0.05) is 23.5 Å². The number of hydrogen-bond donors (Lipinski definition) is 1. The molecule has 1 atom stereocenters. The minimum Gasteiger partial charge on any atom is -0.482 e. The van der Waals surface area contributed by atoms with E-state index in [1.165, 1.54) is 17.8 Å². The summed E-state index contributed by atoms with van der Waals surface area (Å²) >= 11 is 1.43. The second-order valence-corrected chi connectivity index (χ2v) is 7.18. The number of amides is 1. The molecule has 0 fully saturated rings. The quantitative estimate of drug-likeness (QED) is 0.739. The van der Waals surface area contributed by atoms with Gasteiger partial charge in [0.15, 0.2) is 11.8 Å². The van der Waals surface area contributed by atoms with Crippen LogP contribution in [-0.4, -0.2) is 27.9 Å². The van der Waals surface area contributed by atoms with Crippen LogP contribution in [0.15, 0.2) is 65.1 Å². The molecule has 0 saturated carbocycles. The predicted octanol–water partition coefficient (Wildman–Crippen LogP) is 3.45. The summed E-state index contributed by atoms with van der Waals surface area (Å²) in [4.78, 5) is 15.9. The van der Waals surface area contributed by atoms with Gasteiger partial charge in [-0.2, -0.15) is 5.10 Å². The lowest BCUT2D eigenvalue weighted by molar-refractivity contribution is -0.118. The summed E-state index contributed by atoms with van der Waals surface area (Å²) < 4.78 is 21.6. The molecular formula is C19H13FN4O2S. The van der Waals surface area contributed by atoms with Crippen LogP contribution in [0.25, 0.3) is 0 Å². The number of ether oxygens (including phenoxy) is 1. The van der Waals surface area contributed by atoms with Gasteiger partial charge in [0.25, 0.3) is 5.91 Å². The first kappa shape index (κ1) is 16.1. The minimum atomic E-state index is -0.362. The zero-order valence-electron chi connectivity index (χ0n) is 13.9. The lowest BCUT2D eigenvalue weighted by Crippen LogP contribution is -2.26. The first-order chi connectivity index (χ1) is 13.2. The van der Waals surface area contributed by atoms with E-state index in [4.69, 9.17) is 4.74 Å². The van der Waals surface area contributed by atoms with E-state index < -0.39 is 0 Å². The molecule has 134 valence electrons. The summed E-state index contributed by atoms with van der Waals surface area (Å²) in [6.45, 7) is -0.000602. The number of carbonyl (C=O) groups excluding carboxylic acids is 1. The Hall–Kier alpha value is -3.13. The maximum atomic E-state index is 14.5. The van der Waals surface area contributed by atoms with Crippen molar-refractivity contribution in [1.82, 2.24) is 9.66 Å². The third kappa shape index (κ3) is 2.78. The Kier molecular flexibility index (Phi) is 3.71. The highest BCUT2D eigenvalue weighted by atomic mass is 32.2. The molecule has 5 rings (SSSR count). The van der Waals surface area contributed by atoms with Crippen molar-refractivity contribution in [3.8, 4) is 5.75 Å². The Bertz CT molecular complexity index is 1090. The minimum absolute atomic E-state index is 0.000602. The van der Waals surface area contributed by atoms with Gasteiger partial charge in [0.2, 0.25) is 0 Å². The first-order valence-electron chi connectivity index (χ1n) is 8.29. The number of carbonyl (C=O) groups is 1. The van der Waals surface area contributed by atoms with Gasteiger partial charge >= 0.3 is 0 Å². The van der Waals surface area contributed by atoms with Crippen LogP contribution < -0.4 is 10.1 Å². The molecule has 0 bridgehead atoms. The van der Waals surface area contributed by atoms with Gasteiger partial charge in [-0.3, -0.25) is 4.79 Å². The van der Waals surface area contributed by atoms with Crippen molar-refractivity contribution >= 4 is 29.1 Å². The molecular weight excluding hydrogens is 367 g/mol. The predicted molar refractivity (Wildman–Crippen MR) is 99.7 cm³/mol. The van der Waals surface area contributed by atoms with Gasteiger partial charge in [0.1, 0.15) is 11.6 Å². The summed E-state index contributed by atoms with van der Waals surface area (Å²) in [5.41, 5.74) is 2.58. The van der Waals surface area contributed by atoms with Crippen LogP contribution in [-0.2, 0) is 4.79 Å². The highest BCUT2D eigenvalue weighted by Gasteiger charge is 2.30. The Balaban J connectivity index is 1.64. The summed E-state index contributed by atoms with van der Waals surface area (Å²) in [5.74, 6) is 0.104. The van der Waals surface area contributed by atoms with Gasteiger partial charge in [0.05, 0.1) is 16.6 Å². The van der Waals surface area contributed by atoms with Crippen molar-refractivity contribution in [2.24, 2.45) is 5.10 Å². The van der Waals surface area contributed by atoms with E-state index in [1.807, 2.05) is 12.1 Å². The third-order valence-electron chi connectivity index (χ3n) is 4.37. The molecule has 0 saturated heterocycles. The SMILES string of the molecule is O=C1COc2ccc(C3=Nn4ccnc4SC3c3ccccc3F)cc2N1. The van der Waals surface area contributed by atoms with E-state index in [9.17, 15) is 9.18 Å². The molecule has 2 aliphatic rings. The van der Waals surface area contributed by atoms with Gasteiger partial charge in [-0.05, 0) is 24.3 Å². The molecule has 1 N–H and O–H groups in total. The lowest BCUT2D eigenvalue weighted by atomic mass is 10.00. The number of imidazole rings is 1. The van der Waals surface area contributed by atoms with Gasteiger partial charge < -0.3 is 10.1 Å². The average Bonchev–Trinajstić information content (AvgIpc) is 3.14. The Labute approximate surface area is 158 Å². The van der Waals surface area contributed by atoms with Crippen molar-refractivity contribution in [2.75, 3.05) is 11.9 Å². The standard InChI is InChI=1S/C19H13FN4O2S/c20-13-4-2-1-3-12(13)18-17(23-24-8-7-21-19(24)27-18)11-5-6-15-14(9-11)22-16(25)10-26-15/h1-9,18H,10H2,(H,22,25). The maximum absolute atomic E-state index is 14.5. The molecule has 0 spiro atoms. The molecule has 1 unspecified atom stereocenters. The number of nitrogens with zero attached hydrogens (tertiary/aromatic N) is 3. The average molecular weight is 380 g/mol. The summed E-state index contributed by atoms with van der Waals surface area (Å²) in [7, 11) is 0. The number of halogens is 1. The van der Waals surface area contributed by atoms with Crippen LogP contribution >= 0.6 is 11.8 Å². The van der Waals surface area contributed by atoms with E-state index >= 15 is 0 Å². The zero-order chi connectivity index (χ0) is 18.4. The molecule has 2 aromatic carbocycles. The molecule has 27 heavy (non-hydrogen) atoms. The van der Waals surface area contributed by atoms with Crippen molar-refractivity contribution in [2.45, 2.75) is 10.4 Å². The van der Waals surface area contributed by atoms with Crippen molar-refractivity contribution < 1.29 is 13.9 Å². The smallest absolute Gasteiger partial charge is 0.262 e. The summed E-state index contributed by atoms with van der Waals surface area (Å²) in [5, 5.41) is 7.81. The van der Waals surface area contributed by atoms with E-state index in [-0.39, 0.29) is 23.6 Å². The molecule has 3 aromatic rings. The van der Waals surface area contributed by atoms with Crippen molar-refractivity contribution in [1.29, 1.82) is 0 Å². The largest absolute Gasteiger partial charge is 0.482 e. The van der Waals surface area contributed by atoms with Crippen LogP contribution in [0.1, 0.15) is 16.4 Å². The highest BCUT2D eigenvalue weighted by molar-refractivity contribution is 8.00. The van der Waals surface area contributed by atoms with E-state index in [1.54, 1.807) is 41.3 Å². The Morgan fingerprint density at radius 3 is 3.04 bits per heavy atom. The number of aromatic nitrogens is 2. The number of rotatable bonds is 2. The van der Waals surface area contributed by atoms with Crippen LogP contribution in [0, 0.1) is 5.82 Å². The summed E-state index contributed by atoms with van der Waals surface area (Å²) in [6.07, 6.45) is 3.41. The number of anilines is 1. The van der Waals surface area contributed by atoms with Crippen molar-refractivity contribution in [3.63, 3.8) is 0 Å². The van der Waals surface area contributed by atoms with Crippen molar-refractivity contribution in [3.05, 3.63) is 71.8 Å². The fraction of sp³-hybridized carbons (Fsp3) is 0.105. The fourth-order valence-electron chi connectivity index (χ4n) is 3.12. The maximum Gasteiger partial charge on any atom is 0.262 e. The zero-order valence-corrected chi connectivity index (χ0v) is 14.7. The molecule has 0 aliphatic carbocycles. The fourth-order valence-corrected chi connectivity index (χ4v) is 4.28. The van der Waals surface area contributed by atoms with Crippen LogP contribution in [0.3, 0.4) is 0 Å². The number of fused-ring (bicyclic) bond motifs is 2. The molecule has 6 nitrogen and oxygen atoms in total. The second-order valence-electron chi connectivity index (χ2n) is 6.11. The number of nitrogens with one attached hydrogen (secondary N) is 1. The highest BCUT2D eigenvalue weighted by Crippen LogP contribution is 2.42. The normalized spacial score (nSPS) is 18.0. The second kappa shape index (κ2) is 6.24. The van der Waals surface area contributed by atoms with Crippen LogP contribution in [0.4, 0.5) is 10.1 Å². The molecule has 8 heteroatoms. The first-order valence-corrected chi connectivity index (χ1v) is 9.17. The van der Waals surface area contributed by atoms with Gasteiger partial charge in [-0.25, -0.2) is 14.1 Å². The Morgan fingerprint density at radius 2 is 2.15 bits per heavy atom. The van der Waals surface area contributed by atoms with E-state index in [2.05, 4.69) is 15.4 Å². The molecule has 3 heterocycles. The van der Waals surface area contributed by atoms with Crippen LogP contribution in [0.2, 0.25) is 0 Å². The molecule has 0 radical (unpaired) electrons. The molecule has 1 aromatic heterocycles. The monoisotopic (exact) mass is 380 g/mol. The van der Waals surface area contributed by atoms with Crippen LogP contribution in [0.5, 0.6) is 5.75 Å². The topological polar surface area (TPSA) is 68.5 Å². The lowest BCUT2D eigenvalue weighted by Gasteiger charge is -2.25. The van der Waals surface area contributed by atoms with Gasteiger partial charge in [-0.1, -0.05) is 30.0 Å². The van der Waals surface area contributed by atoms with Gasteiger partial charge in [-0.15, -0.1) is 0 Å². The Morgan fingerprint density at radius 1 is 1.26 bits per heavy atom. The molecule has 1 amide bonds. The number of benzene rings is 2. The number of thioether (sulfide) groups is 1. The van der Waals surface area contributed by atoms with E-state index in [0.717, 1.165) is 5.56 Å². The van der Waals surface area contributed by atoms with E-state index in [0.29, 0.717) is 27.9 Å². The third-order valence-corrected chi connectivity index (χ3v) is 5.59. The summed E-state index contributed by atoms with van der Waals surface area (Å²) in [6, 6.07) is 12.1. The number of hydrogen-bond acceptors (Lipinski definition) is 5.